The van der Waals surface area contributed by atoms with Crippen molar-refractivity contribution in [1.29, 1.82) is 0 Å². The molecule has 140 valence electrons. The van der Waals surface area contributed by atoms with Crippen molar-refractivity contribution in [3.8, 4) is 0 Å². The highest BCUT2D eigenvalue weighted by Crippen LogP contribution is 2.30. The fourth-order valence-electron chi connectivity index (χ4n) is 3.33. The van der Waals surface area contributed by atoms with E-state index in [2.05, 4.69) is 10.6 Å². The van der Waals surface area contributed by atoms with Crippen molar-refractivity contribution in [3.63, 3.8) is 0 Å². The number of aliphatic hydroxyl groups excluding tert-OH is 2. The second-order valence-corrected chi connectivity index (χ2v) is 6.66. The van der Waals surface area contributed by atoms with Crippen LogP contribution in [0.2, 0.25) is 0 Å². The van der Waals surface area contributed by atoms with Gasteiger partial charge < -0.3 is 25.4 Å². The molecule has 4 atom stereocenters. The first-order valence-corrected chi connectivity index (χ1v) is 8.78. The van der Waals surface area contributed by atoms with Gasteiger partial charge in [-0.05, 0) is 45.6 Å². The number of hydrogen-bond acceptors (Lipinski definition) is 7. The first-order valence-electron chi connectivity index (χ1n) is 8.78. The van der Waals surface area contributed by atoms with Crippen molar-refractivity contribution in [1.82, 2.24) is 10.6 Å². The quantitative estimate of drug-likeness (QED) is 0.397. The third kappa shape index (κ3) is 4.87. The highest BCUT2D eigenvalue weighted by atomic mass is 16.8. The molecule has 8 nitrogen and oxygen atoms in total. The van der Waals surface area contributed by atoms with Gasteiger partial charge in [-0.1, -0.05) is 0 Å². The Morgan fingerprint density at radius 3 is 2.75 bits per heavy atom. The van der Waals surface area contributed by atoms with Crippen molar-refractivity contribution >= 4 is 5.91 Å². The van der Waals surface area contributed by atoms with E-state index < -0.39 is 30.3 Å². The van der Waals surface area contributed by atoms with Crippen LogP contribution in [0, 0.1) is 0 Å². The van der Waals surface area contributed by atoms with Crippen LogP contribution in [0.5, 0.6) is 0 Å². The van der Waals surface area contributed by atoms with Crippen LogP contribution < -0.4 is 10.6 Å². The second kappa shape index (κ2) is 8.55. The van der Waals surface area contributed by atoms with Crippen LogP contribution in [0.4, 0.5) is 0 Å². The van der Waals surface area contributed by atoms with Gasteiger partial charge in [0.2, 0.25) is 5.91 Å². The van der Waals surface area contributed by atoms with Crippen molar-refractivity contribution in [2.75, 3.05) is 20.3 Å². The van der Waals surface area contributed by atoms with Crippen molar-refractivity contribution in [2.24, 2.45) is 0 Å². The van der Waals surface area contributed by atoms with E-state index in [1.807, 2.05) is 0 Å². The van der Waals surface area contributed by atoms with Crippen LogP contribution in [0.1, 0.15) is 51.4 Å². The topological polar surface area (TPSA) is 120 Å². The molecule has 1 aliphatic heterocycles. The number of ether oxygens (including phenoxy) is 2. The Hall–Kier alpha value is -0.770. The molecule has 0 radical (unpaired) electrons. The second-order valence-electron chi connectivity index (χ2n) is 6.66. The smallest absolute Gasteiger partial charge is 0.280 e. The van der Waals surface area contributed by atoms with Crippen molar-refractivity contribution < 1.29 is 29.6 Å². The summed E-state index contributed by atoms with van der Waals surface area (Å²) in [5.74, 6) is -4.15. The van der Waals surface area contributed by atoms with Crippen molar-refractivity contribution in [2.45, 2.75) is 75.2 Å². The Kier molecular flexibility index (Phi) is 6.97. The third-order valence-electron chi connectivity index (χ3n) is 4.74. The fourth-order valence-corrected chi connectivity index (χ4v) is 3.33. The first kappa shape index (κ1) is 19.6. The lowest BCUT2D eigenvalue weighted by Crippen LogP contribution is -2.61. The zero-order valence-corrected chi connectivity index (χ0v) is 14.3. The molecule has 0 aromatic carbocycles. The molecule has 5 N–H and O–H groups in total. The van der Waals surface area contributed by atoms with Gasteiger partial charge in [0.15, 0.2) is 0 Å². The number of carbonyl (C=O) groups is 1. The molecule has 1 saturated carbocycles. The van der Waals surface area contributed by atoms with Crippen LogP contribution in [-0.2, 0) is 14.3 Å². The molecule has 1 amide bonds. The number of rotatable bonds is 7. The molecule has 2 fully saturated rings. The molecule has 2 rings (SSSR count). The van der Waals surface area contributed by atoms with Gasteiger partial charge in [0.05, 0.1) is 12.7 Å². The zero-order valence-electron chi connectivity index (χ0n) is 14.3. The lowest BCUT2D eigenvalue weighted by Gasteiger charge is -2.42. The van der Waals surface area contributed by atoms with Crippen LogP contribution in [0.3, 0.4) is 0 Å². The Morgan fingerprint density at radius 1 is 1.38 bits per heavy atom. The lowest BCUT2D eigenvalue weighted by molar-refractivity contribution is -0.357. The van der Waals surface area contributed by atoms with Crippen LogP contribution in [0.25, 0.3) is 0 Å². The Bertz CT molecular complexity index is 415. The lowest BCUT2D eigenvalue weighted by atomic mass is 9.92. The van der Waals surface area contributed by atoms with Gasteiger partial charge in [0.1, 0.15) is 0 Å². The standard InChI is InChI=1S/C16H30N2O6/c1-17-16(7-2-3-10-23-16)24-15(22,8-9-19)14(21)18-12-5-4-6-13(20)11-12/h12-13,17,19-20,22H,2-11H2,1H3,(H,18,21). The molecule has 1 heterocycles. The van der Waals surface area contributed by atoms with Gasteiger partial charge in [-0.2, -0.15) is 0 Å². The van der Waals surface area contributed by atoms with Gasteiger partial charge >= 0.3 is 0 Å². The maximum absolute atomic E-state index is 12.6. The minimum absolute atomic E-state index is 0.215. The highest BCUT2D eigenvalue weighted by Gasteiger charge is 2.47. The monoisotopic (exact) mass is 346 g/mol. The van der Waals surface area contributed by atoms with E-state index in [1.54, 1.807) is 7.05 Å². The van der Waals surface area contributed by atoms with Crippen LogP contribution >= 0.6 is 0 Å². The minimum atomic E-state index is -2.20. The number of nitrogens with one attached hydrogen (secondary N) is 2. The average Bonchev–Trinajstić information content (AvgIpc) is 2.56. The molecule has 8 heteroatoms. The number of amides is 1. The molecule has 24 heavy (non-hydrogen) atoms. The molecular weight excluding hydrogens is 316 g/mol. The normalized spacial score (nSPS) is 33.7. The Balaban J connectivity index is 2.05. The maximum Gasteiger partial charge on any atom is 0.280 e. The van der Waals surface area contributed by atoms with E-state index in [0.29, 0.717) is 19.4 Å². The molecule has 2 aliphatic rings. The van der Waals surface area contributed by atoms with E-state index in [4.69, 9.17) is 9.47 Å². The molecule has 0 bridgehead atoms. The number of carbonyl (C=O) groups excluding carboxylic acids is 1. The summed E-state index contributed by atoms with van der Waals surface area (Å²) < 4.78 is 11.3. The summed E-state index contributed by atoms with van der Waals surface area (Å²) in [5.41, 5.74) is 0. The third-order valence-corrected chi connectivity index (χ3v) is 4.74. The SMILES string of the molecule is CNC1(OC(O)(CCO)C(=O)NC2CCCC(O)C2)CCCCO1. The zero-order chi connectivity index (χ0) is 17.6. The summed E-state index contributed by atoms with van der Waals surface area (Å²) in [5, 5.41) is 35.4. The predicted molar refractivity (Wildman–Crippen MR) is 85.7 cm³/mol. The van der Waals surface area contributed by atoms with Crippen molar-refractivity contribution in [3.05, 3.63) is 0 Å². The molecular formula is C16H30N2O6. The van der Waals surface area contributed by atoms with E-state index in [-0.39, 0.29) is 12.5 Å². The van der Waals surface area contributed by atoms with Gasteiger partial charge in [0, 0.05) is 25.5 Å². The average molecular weight is 346 g/mol. The molecule has 1 aliphatic carbocycles. The largest absolute Gasteiger partial charge is 0.396 e. The highest BCUT2D eigenvalue weighted by molar-refractivity contribution is 5.83. The summed E-state index contributed by atoms with van der Waals surface area (Å²) in [7, 11) is 1.64. The van der Waals surface area contributed by atoms with E-state index in [0.717, 1.165) is 32.1 Å². The van der Waals surface area contributed by atoms with Gasteiger partial charge in [-0.15, -0.1) is 0 Å². The fraction of sp³-hybridized carbons (Fsp3) is 0.938. The molecule has 0 spiro atoms. The van der Waals surface area contributed by atoms with Crippen LogP contribution in [-0.4, -0.2) is 65.3 Å². The number of hydrogen-bond donors (Lipinski definition) is 5. The molecule has 0 aromatic heterocycles. The van der Waals surface area contributed by atoms with Crippen LogP contribution in [0.15, 0.2) is 0 Å². The summed E-state index contributed by atoms with van der Waals surface area (Å²) in [4.78, 5) is 12.6. The van der Waals surface area contributed by atoms with E-state index in [9.17, 15) is 20.1 Å². The molecule has 1 saturated heterocycles. The summed E-state index contributed by atoms with van der Waals surface area (Å²) in [6, 6.07) is -0.215. The Labute approximate surface area is 142 Å². The van der Waals surface area contributed by atoms with Gasteiger partial charge in [0.25, 0.3) is 11.7 Å². The minimum Gasteiger partial charge on any atom is -0.396 e. The number of aliphatic hydroxyl groups is 3. The van der Waals surface area contributed by atoms with Gasteiger partial charge in [-0.3, -0.25) is 14.8 Å². The molecule has 0 aromatic rings. The first-order chi connectivity index (χ1) is 11.4. The van der Waals surface area contributed by atoms with E-state index in [1.165, 1.54) is 0 Å². The maximum atomic E-state index is 12.6. The van der Waals surface area contributed by atoms with E-state index >= 15 is 0 Å². The Morgan fingerprint density at radius 2 is 2.17 bits per heavy atom. The summed E-state index contributed by atoms with van der Waals surface area (Å²) >= 11 is 0. The summed E-state index contributed by atoms with van der Waals surface area (Å²) in [6.07, 6.45) is 4.24. The summed E-state index contributed by atoms with van der Waals surface area (Å²) in [6.45, 7) is 0.0590. The molecule has 4 unspecified atom stereocenters. The predicted octanol–water partition coefficient (Wildman–Crippen LogP) is -0.433. The van der Waals surface area contributed by atoms with Gasteiger partial charge in [-0.25, -0.2) is 0 Å².